The van der Waals surface area contributed by atoms with Crippen molar-refractivity contribution in [2.24, 2.45) is 0 Å². The smallest absolute Gasteiger partial charge is 0.213 e. The summed E-state index contributed by atoms with van der Waals surface area (Å²) in [5.74, 6) is -0.431. The van der Waals surface area contributed by atoms with Gasteiger partial charge in [-0.2, -0.15) is 15.5 Å². The van der Waals surface area contributed by atoms with Crippen LogP contribution in [0, 0.1) is 5.95 Å². The van der Waals surface area contributed by atoms with E-state index in [0.717, 1.165) is 0 Å². The molecule has 0 N–H and O–H groups in total. The summed E-state index contributed by atoms with van der Waals surface area (Å²) in [4.78, 5) is 3.53. The number of aromatic nitrogens is 1. The minimum absolute atomic E-state index is 0.431. The van der Waals surface area contributed by atoms with Gasteiger partial charge in [0.05, 0.1) is 0 Å². The minimum atomic E-state index is -2.04. The summed E-state index contributed by atoms with van der Waals surface area (Å²) in [6, 6.07) is 3.40. The average Bonchev–Trinajstić information content (AvgIpc) is 1.86. The predicted octanol–water partition coefficient (Wildman–Crippen LogP) is 1.87. The lowest BCUT2D eigenvalue weighted by molar-refractivity contribution is 0.592. The highest BCUT2D eigenvalue weighted by Crippen LogP contribution is 2.08. The van der Waals surface area contributed by atoms with Crippen molar-refractivity contribution in [1.29, 1.82) is 0 Å². The second-order valence-corrected chi connectivity index (χ2v) is 9.13. The van der Waals surface area contributed by atoms with Gasteiger partial charge in [-0.1, -0.05) is 19.2 Å². The van der Waals surface area contributed by atoms with E-state index in [1.54, 1.807) is 12.1 Å². The molecule has 0 saturated carbocycles. The summed E-state index contributed by atoms with van der Waals surface area (Å²) in [6.07, 6.45) is 1.43. The summed E-state index contributed by atoms with van der Waals surface area (Å²) in [6.45, 7) is 3.74. The summed E-state index contributed by atoms with van der Waals surface area (Å²) < 4.78 is 12.9. The lowest BCUT2D eigenvalue weighted by Crippen LogP contribution is -2.38. The Labute approximate surface area is 70.9 Å². The van der Waals surface area contributed by atoms with Gasteiger partial charge in [0.1, 0.15) is 0 Å². The van der Waals surface area contributed by atoms with Crippen molar-refractivity contribution in [3.63, 3.8) is 0 Å². The molecule has 0 radical (unpaired) electrons. The van der Waals surface area contributed by atoms with E-state index in [4.69, 9.17) is 11.1 Å². The molecule has 1 nitrogen and oxygen atoms in total. The lowest BCUT2D eigenvalue weighted by atomic mass is 10.5. The second kappa shape index (κ2) is 2.91. The van der Waals surface area contributed by atoms with Crippen LogP contribution < -0.4 is 5.19 Å². The largest absolute Gasteiger partial charge is 0.228 e. The maximum absolute atomic E-state index is 12.9. The van der Waals surface area contributed by atoms with Gasteiger partial charge in [-0.3, -0.25) is 0 Å². The number of hydrogen-bond acceptors (Lipinski definition) is 1. The number of pyridine rings is 1. The Kier molecular flexibility index (Phi) is 2.30. The van der Waals surface area contributed by atoms with Gasteiger partial charge in [-0.05, 0) is 6.07 Å². The van der Waals surface area contributed by atoms with Gasteiger partial charge in [0.2, 0.25) is 5.95 Å². The van der Waals surface area contributed by atoms with Crippen molar-refractivity contribution in [3.05, 3.63) is 24.3 Å². The third-order valence-corrected chi connectivity index (χ3v) is 3.66. The van der Waals surface area contributed by atoms with E-state index in [1.807, 2.05) is 13.1 Å². The summed E-state index contributed by atoms with van der Waals surface area (Å²) in [5, 5.41) is 0.571. The van der Waals surface area contributed by atoms with Gasteiger partial charge in [0.25, 0.3) is 0 Å². The minimum Gasteiger partial charge on any atom is -0.228 e. The molecule has 1 rings (SSSR count). The van der Waals surface area contributed by atoms with Crippen LogP contribution >= 0.6 is 11.1 Å². The molecule has 0 amide bonds. The Hall–Kier alpha value is -0.413. The molecule has 0 aliphatic heterocycles. The van der Waals surface area contributed by atoms with Gasteiger partial charge < -0.3 is 0 Å². The molecule has 0 atom stereocenters. The lowest BCUT2D eigenvalue weighted by Gasteiger charge is -2.12. The maximum Gasteiger partial charge on any atom is 0.213 e. The highest BCUT2D eigenvalue weighted by molar-refractivity contribution is 7.26. The summed E-state index contributed by atoms with van der Waals surface area (Å²) in [5.41, 5.74) is 0. The van der Waals surface area contributed by atoms with Crippen molar-refractivity contribution in [2.45, 2.75) is 13.1 Å². The fourth-order valence-corrected chi connectivity index (χ4v) is 2.30. The van der Waals surface area contributed by atoms with E-state index in [0.29, 0.717) is 5.19 Å². The molecule has 4 heteroatoms. The summed E-state index contributed by atoms with van der Waals surface area (Å²) in [7, 11) is -2.04. The average molecular weight is 190 g/mol. The van der Waals surface area contributed by atoms with Crippen molar-refractivity contribution in [3.8, 4) is 0 Å². The van der Waals surface area contributed by atoms with Crippen LogP contribution in [-0.2, 0) is 0 Å². The Morgan fingerprint density at radius 1 is 1.55 bits per heavy atom. The molecular formula is C7H9ClFNSi. The Morgan fingerprint density at radius 3 is 2.55 bits per heavy atom. The van der Waals surface area contributed by atoms with Crippen molar-refractivity contribution in [2.75, 3.05) is 0 Å². The van der Waals surface area contributed by atoms with Gasteiger partial charge in [-0.25, -0.2) is 4.98 Å². The molecular weight excluding hydrogens is 181 g/mol. The van der Waals surface area contributed by atoms with E-state index in [9.17, 15) is 4.39 Å². The molecule has 0 bridgehead atoms. The molecule has 0 aromatic carbocycles. The monoisotopic (exact) mass is 189 g/mol. The SMILES string of the molecule is C[Si](C)(Cl)c1cccnc1F. The first kappa shape index (κ1) is 8.68. The topological polar surface area (TPSA) is 12.9 Å². The molecule has 0 unspecified atom stereocenters. The van der Waals surface area contributed by atoms with Crippen LogP contribution in [0.2, 0.25) is 13.1 Å². The van der Waals surface area contributed by atoms with Crippen molar-refractivity contribution >= 4 is 23.6 Å². The molecule has 0 aliphatic carbocycles. The first-order valence-corrected chi connectivity index (χ1v) is 7.33. The van der Waals surface area contributed by atoms with Gasteiger partial charge in [0, 0.05) is 11.4 Å². The van der Waals surface area contributed by atoms with Gasteiger partial charge >= 0.3 is 0 Å². The zero-order valence-corrected chi connectivity index (χ0v) is 8.19. The normalized spacial score (nSPS) is 11.6. The molecule has 0 saturated heterocycles. The van der Waals surface area contributed by atoms with Crippen LogP contribution in [0.25, 0.3) is 0 Å². The molecule has 60 valence electrons. The molecule has 1 heterocycles. The van der Waals surface area contributed by atoms with E-state index < -0.39 is 13.3 Å². The van der Waals surface area contributed by atoms with Crippen LogP contribution in [0.15, 0.2) is 18.3 Å². The first-order chi connectivity index (χ1) is 5.02. The molecule has 0 spiro atoms. The van der Waals surface area contributed by atoms with Crippen LogP contribution in [0.4, 0.5) is 4.39 Å². The Bertz CT molecular complexity index is 259. The Balaban J connectivity index is 3.14. The van der Waals surface area contributed by atoms with Crippen molar-refractivity contribution in [1.82, 2.24) is 4.98 Å². The third-order valence-electron chi connectivity index (χ3n) is 1.40. The standard InChI is InChI=1S/C7H9ClFNSi/c1-11(2,8)6-4-3-5-10-7(6)9/h3-5H,1-2H3. The number of hydrogen-bond donors (Lipinski definition) is 0. The third kappa shape index (κ3) is 2.01. The second-order valence-electron chi connectivity index (χ2n) is 2.81. The first-order valence-electron chi connectivity index (χ1n) is 3.32. The number of halogens is 2. The molecule has 1 aromatic rings. The van der Waals surface area contributed by atoms with Crippen LogP contribution in [0.1, 0.15) is 0 Å². The van der Waals surface area contributed by atoms with Crippen LogP contribution in [-0.4, -0.2) is 12.4 Å². The highest BCUT2D eigenvalue weighted by atomic mass is 35.6. The van der Waals surface area contributed by atoms with E-state index in [-0.39, 0.29) is 0 Å². The van der Waals surface area contributed by atoms with Crippen LogP contribution in [0.5, 0.6) is 0 Å². The van der Waals surface area contributed by atoms with Gasteiger partial charge in [-0.15, -0.1) is 0 Å². The molecule has 0 fully saturated rings. The molecule has 11 heavy (non-hydrogen) atoms. The maximum atomic E-state index is 12.9. The van der Waals surface area contributed by atoms with E-state index in [1.165, 1.54) is 6.20 Å². The summed E-state index contributed by atoms with van der Waals surface area (Å²) >= 11 is 6.02. The number of nitrogens with zero attached hydrogens (tertiary/aromatic N) is 1. The van der Waals surface area contributed by atoms with Crippen molar-refractivity contribution < 1.29 is 4.39 Å². The Morgan fingerprint density at radius 2 is 2.18 bits per heavy atom. The van der Waals surface area contributed by atoms with Gasteiger partial charge in [0.15, 0.2) is 7.38 Å². The van der Waals surface area contributed by atoms with E-state index in [2.05, 4.69) is 4.98 Å². The molecule has 0 aliphatic rings. The highest BCUT2D eigenvalue weighted by Gasteiger charge is 2.24. The fraction of sp³-hybridized carbons (Fsp3) is 0.286. The zero-order valence-electron chi connectivity index (χ0n) is 6.44. The number of rotatable bonds is 1. The fourth-order valence-electron chi connectivity index (χ4n) is 0.829. The quantitative estimate of drug-likeness (QED) is 0.374. The van der Waals surface area contributed by atoms with Crippen LogP contribution in [0.3, 0.4) is 0 Å². The predicted molar refractivity (Wildman–Crippen MR) is 47.2 cm³/mol. The zero-order chi connectivity index (χ0) is 8.48. The molecule has 1 aromatic heterocycles. The van der Waals surface area contributed by atoms with E-state index >= 15 is 0 Å².